The van der Waals surface area contributed by atoms with Gasteiger partial charge in [0, 0.05) is 6.54 Å². The minimum atomic E-state index is -2.95. The van der Waals surface area contributed by atoms with E-state index in [0.717, 1.165) is 18.7 Å². The second-order valence-corrected chi connectivity index (χ2v) is 7.36. The van der Waals surface area contributed by atoms with Gasteiger partial charge in [0.15, 0.2) is 15.6 Å². The number of hydrazine groups is 1. The lowest BCUT2D eigenvalue weighted by Crippen LogP contribution is -2.36. The fourth-order valence-electron chi connectivity index (χ4n) is 2.76. The molecule has 1 aromatic heterocycles. The van der Waals surface area contributed by atoms with E-state index in [-0.39, 0.29) is 23.5 Å². The Kier molecular flexibility index (Phi) is 4.66. The summed E-state index contributed by atoms with van der Waals surface area (Å²) in [5, 5.41) is 4.30. The first-order valence-corrected chi connectivity index (χ1v) is 8.60. The van der Waals surface area contributed by atoms with Crippen molar-refractivity contribution in [3.05, 3.63) is 11.9 Å². The maximum absolute atomic E-state index is 11.7. The Morgan fingerprint density at radius 3 is 2.90 bits per heavy atom. The minimum absolute atomic E-state index is 0.0498. The van der Waals surface area contributed by atoms with Gasteiger partial charge in [-0.2, -0.15) is 5.10 Å². The SMILES string of the molecule is CCCn1ncc(OC)c1C(NN)C1CCS(=O)(=O)C1. The summed E-state index contributed by atoms with van der Waals surface area (Å²) in [7, 11) is -1.37. The molecular weight excluding hydrogens is 280 g/mol. The van der Waals surface area contributed by atoms with Gasteiger partial charge >= 0.3 is 0 Å². The summed E-state index contributed by atoms with van der Waals surface area (Å²) in [5.74, 6) is 6.65. The lowest BCUT2D eigenvalue weighted by molar-refractivity contribution is 0.344. The zero-order valence-corrected chi connectivity index (χ0v) is 12.7. The Bertz CT molecular complexity index is 555. The van der Waals surface area contributed by atoms with Crippen LogP contribution >= 0.6 is 0 Å². The first-order valence-electron chi connectivity index (χ1n) is 6.78. The fourth-order valence-corrected chi connectivity index (χ4v) is 4.60. The molecule has 20 heavy (non-hydrogen) atoms. The third-order valence-electron chi connectivity index (χ3n) is 3.71. The molecule has 8 heteroatoms. The lowest BCUT2D eigenvalue weighted by atomic mass is 9.96. The van der Waals surface area contributed by atoms with Crippen LogP contribution in [0.15, 0.2) is 6.20 Å². The average molecular weight is 302 g/mol. The Balaban J connectivity index is 2.33. The van der Waals surface area contributed by atoms with Gasteiger partial charge in [-0.05, 0) is 18.8 Å². The highest BCUT2D eigenvalue weighted by Gasteiger charge is 2.37. The van der Waals surface area contributed by atoms with E-state index in [1.807, 2.05) is 4.68 Å². The van der Waals surface area contributed by atoms with Crippen molar-refractivity contribution in [1.29, 1.82) is 0 Å². The number of ether oxygens (including phenoxy) is 1. The second-order valence-electron chi connectivity index (χ2n) is 5.13. The number of aromatic nitrogens is 2. The quantitative estimate of drug-likeness (QED) is 0.577. The van der Waals surface area contributed by atoms with Crippen molar-refractivity contribution in [2.45, 2.75) is 32.4 Å². The van der Waals surface area contributed by atoms with Crippen LogP contribution in [0.4, 0.5) is 0 Å². The molecule has 1 fully saturated rings. The van der Waals surface area contributed by atoms with E-state index in [1.165, 1.54) is 0 Å². The van der Waals surface area contributed by atoms with Gasteiger partial charge in [-0.15, -0.1) is 0 Å². The maximum atomic E-state index is 11.7. The summed E-state index contributed by atoms with van der Waals surface area (Å²) in [6, 6.07) is -0.267. The second kappa shape index (κ2) is 6.11. The molecule has 1 saturated heterocycles. The van der Waals surface area contributed by atoms with E-state index in [0.29, 0.717) is 12.2 Å². The van der Waals surface area contributed by atoms with Crippen LogP contribution in [0.1, 0.15) is 31.5 Å². The number of hydrogen-bond donors (Lipinski definition) is 2. The van der Waals surface area contributed by atoms with E-state index < -0.39 is 9.84 Å². The van der Waals surface area contributed by atoms with Crippen molar-refractivity contribution >= 4 is 9.84 Å². The van der Waals surface area contributed by atoms with Gasteiger partial charge in [-0.1, -0.05) is 6.92 Å². The molecule has 0 radical (unpaired) electrons. The molecule has 1 aliphatic rings. The Morgan fingerprint density at radius 2 is 2.40 bits per heavy atom. The molecule has 1 aliphatic heterocycles. The molecule has 2 rings (SSSR count). The zero-order chi connectivity index (χ0) is 14.8. The number of sulfone groups is 1. The summed E-state index contributed by atoms with van der Waals surface area (Å²) >= 11 is 0. The van der Waals surface area contributed by atoms with Gasteiger partial charge in [-0.25, -0.2) is 8.42 Å². The lowest BCUT2D eigenvalue weighted by Gasteiger charge is -2.23. The molecule has 0 amide bonds. The number of nitrogens with two attached hydrogens (primary N) is 1. The van der Waals surface area contributed by atoms with Crippen molar-refractivity contribution in [3.63, 3.8) is 0 Å². The summed E-state index contributed by atoms with van der Waals surface area (Å²) in [6.45, 7) is 2.80. The van der Waals surface area contributed by atoms with E-state index in [1.54, 1.807) is 13.3 Å². The van der Waals surface area contributed by atoms with E-state index >= 15 is 0 Å². The molecule has 7 nitrogen and oxygen atoms in total. The zero-order valence-electron chi connectivity index (χ0n) is 11.9. The molecular formula is C12H22N4O3S. The largest absolute Gasteiger partial charge is 0.493 e. The normalized spacial score (nSPS) is 22.9. The van der Waals surface area contributed by atoms with Crippen LogP contribution in [0.5, 0.6) is 5.75 Å². The third-order valence-corrected chi connectivity index (χ3v) is 5.51. The van der Waals surface area contributed by atoms with Crippen LogP contribution in [0, 0.1) is 5.92 Å². The molecule has 2 unspecified atom stereocenters. The van der Waals surface area contributed by atoms with Crippen molar-refractivity contribution in [2.24, 2.45) is 11.8 Å². The number of hydrogen-bond acceptors (Lipinski definition) is 6. The maximum Gasteiger partial charge on any atom is 0.161 e. The van der Waals surface area contributed by atoms with Crippen LogP contribution in [0.25, 0.3) is 0 Å². The standard InChI is InChI=1S/C12H22N4O3S/c1-3-5-16-12(10(19-2)7-14-16)11(15-13)9-4-6-20(17,18)8-9/h7,9,11,15H,3-6,8,13H2,1-2H3. The summed E-state index contributed by atoms with van der Waals surface area (Å²) in [6.07, 6.45) is 3.19. The molecule has 0 spiro atoms. The molecule has 0 aromatic carbocycles. The van der Waals surface area contributed by atoms with Gasteiger partial charge in [0.25, 0.3) is 0 Å². The fraction of sp³-hybridized carbons (Fsp3) is 0.750. The van der Waals surface area contributed by atoms with Gasteiger partial charge in [0.05, 0.1) is 36.5 Å². The van der Waals surface area contributed by atoms with Gasteiger partial charge in [-0.3, -0.25) is 16.0 Å². The highest BCUT2D eigenvalue weighted by Crippen LogP contribution is 2.35. The topological polar surface area (TPSA) is 99.2 Å². The van der Waals surface area contributed by atoms with Crippen LogP contribution in [0.3, 0.4) is 0 Å². The first kappa shape index (κ1) is 15.3. The summed E-state index contributed by atoms with van der Waals surface area (Å²) in [5.41, 5.74) is 3.58. The van der Waals surface area contributed by atoms with Crippen LogP contribution < -0.4 is 16.0 Å². The van der Waals surface area contributed by atoms with Gasteiger partial charge < -0.3 is 4.74 Å². The number of rotatable bonds is 6. The minimum Gasteiger partial charge on any atom is -0.493 e. The van der Waals surface area contributed by atoms with Crippen molar-refractivity contribution < 1.29 is 13.2 Å². The number of nitrogens with zero attached hydrogens (tertiary/aromatic N) is 2. The molecule has 1 aromatic rings. The van der Waals surface area contributed by atoms with Crippen LogP contribution in [-0.4, -0.2) is 36.8 Å². The number of methoxy groups -OCH3 is 1. The van der Waals surface area contributed by atoms with E-state index in [4.69, 9.17) is 10.6 Å². The highest BCUT2D eigenvalue weighted by molar-refractivity contribution is 7.91. The monoisotopic (exact) mass is 302 g/mol. The molecule has 2 heterocycles. The smallest absolute Gasteiger partial charge is 0.161 e. The van der Waals surface area contributed by atoms with Crippen molar-refractivity contribution in [2.75, 3.05) is 18.6 Å². The summed E-state index contributed by atoms with van der Waals surface area (Å²) in [4.78, 5) is 0. The van der Waals surface area contributed by atoms with Crippen LogP contribution in [-0.2, 0) is 16.4 Å². The molecule has 2 atom stereocenters. The average Bonchev–Trinajstić information content (AvgIpc) is 2.96. The van der Waals surface area contributed by atoms with Gasteiger partial charge in [0.1, 0.15) is 0 Å². The molecule has 0 saturated carbocycles. The first-order chi connectivity index (χ1) is 9.52. The number of aryl methyl sites for hydroxylation is 1. The summed E-state index contributed by atoms with van der Waals surface area (Å²) < 4.78 is 30.5. The van der Waals surface area contributed by atoms with Crippen molar-refractivity contribution in [1.82, 2.24) is 15.2 Å². The predicted molar refractivity (Wildman–Crippen MR) is 75.9 cm³/mol. The van der Waals surface area contributed by atoms with Crippen LogP contribution in [0.2, 0.25) is 0 Å². The molecule has 0 bridgehead atoms. The Hall–Kier alpha value is -1.12. The van der Waals surface area contributed by atoms with Crippen molar-refractivity contribution in [3.8, 4) is 5.75 Å². The molecule has 0 aliphatic carbocycles. The Labute approximate surface area is 119 Å². The molecule has 114 valence electrons. The van der Waals surface area contributed by atoms with E-state index in [2.05, 4.69) is 17.4 Å². The highest BCUT2D eigenvalue weighted by atomic mass is 32.2. The van der Waals surface area contributed by atoms with Gasteiger partial charge in [0.2, 0.25) is 0 Å². The number of nitrogens with one attached hydrogen (secondary N) is 1. The third kappa shape index (κ3) is 2.97. The van der Waals surface area contributed by atoms with E-state index in [9.17, 15) is 8.42 Å². The molecule has 3 N–H and O–H groups in total. The predicted octanol–water partition coefficient (Wildman–Crippen LogP) is 0.241. The Morgan fingerprint density at radius 1 is 1.65 bits per heavy atom.